The molecular weight excluding hydrogens is 468 g/mol. The number of nitrogens with one attached hydrogen (secondary N) is 1. The van der Waals surface area contributed by atoms with Crippen molar-refractivity contribution in [3.8, 4) is 0 Å². The molecule has 0 saturated carbocycles. The Hall–Kier alpha value is -2.64. The number of nitrogens with zero attached hydrogens (tertiary/aromatic N) is 3. The zero-order valence-electron chi connectivity index (χ0n) is 20.3. The van der Waals surface area contributed by atoms with Gasteiger partial charge in [0.05, 0.1) is 30.4 Å². The van der Waals surface area contributed by atoms with Crippen LogP contribution in [0, 0.1) is 0 Å². The van der Waals surface area contributed by atoms with Crippen LogP contribution in [0.1, 0.15) is 62.5 Å². The number of methoxy groups -OCH3 is 1. The maximum absolute atomic E-state index is 11.7. The standard InChI is InChI=1S/C26H31ClN4O2S/c1-16-15-26(2,3)30(4)21-14-19(27)18(13-17(16)21)24-23(20-9-6-7-11-28-20)29-25(34)31(24)12-8-10-22(32)33-5/h6-7,9,11,13-15,23-24H,8,10,12H2,1-5H3,(H,29,34)/t23-,24+/m1/s1. The van der Waals surface area contributed by atoms with Crippen LogP contribution < -0.4 is 10.2 Å². The molecule has 2 atom stereocenters. The topological polar surface area (TPSA) is 57.7 Å². The molecule has 0 amide bonds. The van der Waals surface area contributed by atoms with E-state index < -0.39 is 0 Å². The summed E-state index contributed by atoms with van der Waals surface area (Å²) in [5.74, 6) is -0.228. The second-order valence-electron chi connectivity index (χ2n) is 9.43. The van der Waals surface area contributed by atoms with Gasteiger partial charge in [-0.25, -0.2) is 0 Å². The predicted octanol–water partition coefficient (Wildman–Crippen LogP) is 5.29. The number of likely N-dealkylation sites (N-methyl/N-ethyl adjacent to an activating group) is 1. The monoisotopic (exact) mass is 498 g/mol. The van der Waals surface area contributed by atoms with Crippen molar-refractivity contribution >= 4 is 46.2 Å². The lowest BCUT2D eigenvalue weighted by molar-refractivity contribution is -0.140. The summed E-state index contributed by atoms with van der Waals surface area (Å²) < 4.78 is 4.82. The fraction of sp³-hybridized carbons (Fsp3) is 0.423. The van der Waals surface area contributed by atoms with Crippen LogP contribution >= 0.6 is 23.8 Å². The molecule has 1 saturated heterocycles. The Kier molecular flexibility index (Phi) is 6.87. The zero-order valence-corrected chi connectivity index (χ0v) is 21.8. The fourth-order valence-electron chi connectivity index (χ4n) is 4.90. The summed E-state index contributed by atoms with van der Waals surface area (Å²) in [6.07, 6.45) is 5.03. The molecule has 1 N–H and O–H groups in total. The van der Waals surface area contributed by atoms with Gasteiger partial charge in [0.1, 0.15) is 0 Å². The Morgan fingerprint density at radius 1 is 1.32 bits per heavy atom. The van der Waals surface area contributed by atoms with E-state index in [-0.39, 0.29) is 23.6 Å². The quantitative estimate of drug-likeness (QED) is 0.428. The number of ether oxygens (including phenoxy) is 1. The molecule has 2 aromatic rings. The maximum atomic E-state index is 11.7. The minimum absolute atomic E-state index is 0.102. The van der Waals surface area contributed by atoms with Gasteiger partial charge in [-0.3, -0.25) is 9.78 Å². The normalized spacial score (nSPS) is 21.1. The Balaban J connectivity index is 1.78. The molecule has 0 aliphatic carbocycles. The van der Waals surface area contributed by atoms with Crippen molar-refractivity contribution in [3.63, 3.8) is 0 Å². The van der Waals surface area contributed by atoms with Crippen molar-refractivity contribution in [3.05, 3.63) is 64.4 Å². The number of rotatable bonds is 6. The van der Waals surface area contributed by atoms with Crippen LogP contribution in [0.4, 0.5) is 5.69 Å². The van der Waals surface area contributed by atoms with E-state index in [0.717, 1.165) is 22.5 Å². The van der Waals surface area contributed by atoms with E-state index >= 15 is 0 Å². The van der Waals surface area contributed by atoms with Crippen molar-refractivity contribution in [1.82, 2.24) is 15.2 Å². The van der Waals surface area contributed by atoms with E-state index in [2.05, 4.69) is 66.1 Å². The zero-order chi connectivity index (χ0) is 24.6. The second kappa shape index (κ2) is 9.55. The van der Waals surface area contributed by atoms with Gasteiger partial charge in [0, 0.05) is 42.5 Å². The molecule has 0 spiro atoms. The van der Waals surface area contributed by atoms with E-state index in [4.69, 9.17) is 28.6 Å². The minimum atomic E-state index is -0.228. The average molecular weight is 499 g/mol. The Morgan fingerprint density at radius 2 is 2.09 bits per heavy atom. The maximum Gasteiger partial charge on any atom is 0.305 e. The Morgan fingerprint density at radius 3 is 2.76 bits per heavy atom. The van der Waals surface area contributed by atoms with E-state index in [9.17, 15) is 4.79 Å². The average Bonchev–Trinajstić information content (AvgIpc) is 3.13. The van der Waals surface area contributed by atoms with Crippen LogP contribution in [0.5, 0.6) is 0 Å². The van der Waals surface area contributed by atoms with E-state index in [1.165, 1.54) is 12.7 Å². The summed E-state index contributed by atoms with van der Waals surface area (Å²) in [4.78, 5) is 20.7. The van der Waals surface area contributed by atoms with E-state index in [0.29, 0.717) is 29.5 Å². The number of fused-ring (bicyclic) bond motifs is 1. The van der Waals surface area contributed by atoms with E-state index in [1.807, 2.05) is 18.2 Å². The highest BCUT2D eigenvalue weighted by molar-refractivity contribution is 7.80. The Labute approximate surface area is 211 Å². The molecule has 1 aromatic carbocycles. The van der Waals surface area contributed by atoms with Crippen molar-refractivity contribution in [2.24, 2.45) is 0 Å². The van der Waals surface area contributed by atoms with Crippen LogP contribution in [-0.2, 0) is 9.53 Å². The minimum Gasteiger partial charge on any atom is -0.469 e. The number of allylic oxidation sites excluding steroid dienone is 1. The molecule has 2 aliphatic heterocycles. The molecule has 6 nitrogen and oxygen atoms in total. The highest BCUT2D eigenvalue weighted by atomic mass is 35.5. The first-order valence-electron chi connectivity index (χ1n) is 11.5. The van der Waals surface area contributed by atoms with Crippen LogP contribution in [-0.4, -0.2) is 47.2 Å². The smallest absolute Gasteiger partial charge is 0.305 e. The Bertz CT molecular complexity index is 1140. The van der Waals surface area contributed by atoms with Gasteiger partial charge in [-0.15, -0.1) is 0 Å². The van der Waals surface area contributed by atoms with Gasteiger partial charge in [-0.05, 0) is 74.8 Å². The molecule has 1 aromatic heterocycles. The number of esters is 1. The number of pyridine rings is 1. The molecule has 2 aliphatic rings. The van der Waals surface area contributed by atoms with Gasteiger partial charge in [0.2, 0.25) is 0 Å². The lowest BCUT2D eigenvalue weighted by atomic mass is 9.86. The van der Waals surface area contributed by atoms with Crippen molar-refractivity contribution in [2.45, 2.75) is 51.2 Å². The van der Waals surface area contributed by atoms with Crippen LogP contribution in [0.15, 0.2) is 42.6 Å². The summed E-state index contributed by atoms with van der Waals surface area (Å²) in [5.41, 5.74) is 5.27. The molecule has 0 unspecified atom stereocenters. The van der Waals surface area contributed by atoms with Crippen molar-refractivity contribution < 1.29 is 9.53 Å². The largest absolute Gasteiger partial charge is 0.469 e. The number of aromatic nitrogens is 1. The van der Waals surface area contributed by atoms with Crippen LogP contribution in [0.3, 0.4) is 0 Å². The number of benzene rings is 1. The molecule has 0 radical (unpaired) electrons. The molecule has 0 bridgehead atoms. The fourth-order valence-corrected chi connectivity index (χ4v) is 5.50. The van der Waals surface area contributed by atoms with Gasteiger partial charge in [0.25, 0.3) is 0 Å². The highest BCUT2D eigenvalue weighted by Gasteiger charge is 2.41. The van der Waals surface area contributed by atoms with Gasteiger partial charge in [-0.1, -0.05) is 23.7 Å². The second-order valence-corrected chi connectivity index (χ2v) is 10.2. The van der Waals surface area contributed by atoms with Gasteiger partial charge < -0.3 is 19.9 Å². The number of carbonyl (C=O) groups is 1. The number of hydrogen-bond donors (Lipinski definition) is 1. The SMILES string of the molecule is COC(=O)CCCN1C(=S)N[C@H](c2ccccn2)[C@@H]1c1cc2c(cc1Cl)N(C)C(C)(C)C=C2C. The molecule has 4 rings (SSSR count). The summed E-state index contributed by atoms with van der Waals surface area (Å²) in [6.45, 7) is 7.14. The third-order valence-electron chi connectivity index (χ3n) is 6.86. The van der Waals surface area contributed by atoms with Crippen molar-refractivity contribution in [2.75, 3.05) is 25.6 Å². The highest BCUT2D eigenvalue weighted by Crippen LogP contribution is 2.46. The summed E-state index contributed by atoms with van der Waals surface area (Å²) >= 11 is 12.7. The molecule has 180 valence electrons. The van der Waals surface area contributed by atoms with Crippen LogP contribution in [0.2, 0.25) is 5.02 Å². The lowest BCUT2D eigenvalue weighted by Crippen LogP contribution is -2.42. The molecule has 34 heavy (non-hydrogen) atoms. The first-order valence-corrected chi connectivity index (χ1v) is 12.2. The van der Waals surface area contributed by atoms with E-state index in [1.54, 1.807) is 6.20 Å². The van der Waals surface area contributed by atoms with Crippen LogP contribution in [0.25, 0.3) is 5.57 Å². The predicted molar refractivity (Wildman–Crippen MR) is 141 cm³/mol. The first kappa shape index (κ1) is 24.5. The first-order chi connectivity index (χ1) is 16.1. The third kappa shape index (κ3) is 4.51. The number of hydrogen-bond acceptors (Lipinski definition) is 5. The number of carbonyl (C=O) groups excluding carboxylic acids is 1. The third-order valence-corrected chi connectivity index (χ3v) is 7.54. The number of anilines is 1. The summed E-state index contributed by atoms with van der Waals surface area (Å²) in [5, 5.41) is 4.77. The molecule has 1 fully saturated rings. The van der Waals surface area contributed by atoms with Gasteiger partial charge >= 0.3 is 5.97 Å². The molecule has 8 heteroatoms. The van der Waals surface area contributed by atoms with Gasteiger partial charge in [0.15, 0.2) is 5.11 Å². The molecular formula is C26H31ClN4O2S. The molecule has 3 heterocycles. The number of halogens is 1. The summed E-state index contributed by atoms with van der Waals surface area (Å²) in [6, 6.07) is 9.81. The van der Waals surface area contributed by atoms with Gasteiger partial charge in [-0.2, -0.15) is 0 Å². The lowest BCUT2D eigenvalue weighted by Gasteiger charge is -2.41. The number of thiocarbonyl (C=S) groups is 1. The summed E-state index contributed by atoms with van der Waals surface area (Å²) in [7, 11) is 3.51. The van der Waals surface area contributed by atoms with Crippen molar-refractivity contribution in [1.29, 1.82) is 0 Å².